The maximum atomic E-state index is 12.0. The Morgan fingerprint density at radius 1 is 1.09 bits per heavy atom. The zero-order valence-corrected chi connectivity index (χ0v) is 15.6. The summed E-state index contributed by atoms with van der Waals surface area (Å²) in [6.45, 7) is 2.66. The van der Waals surface area contributed by atoms with Gasteiger partial charge in [0.05, 0.1) is 18.0 Å². The van der Waals surface area contributed by atoms with Gasteiger partial charge in [-0.3, -0.25) is 9.59 Å². The van der Waals surface area contributed by atoms with E-state index in [9.17, 15) is 18.0 Å². The SMILES string of the molecule is CC(C)=NNC(=O)CNC(=O)CNS(=O)(=O)c1ccc(I)cc1. The Labute approximate surface area is 148 Å². The molecule has 0 aliphatic rings. The lowest BCUT2D eigenvalue weighted by Crippen LogP contribution is -2.41. The van der Waals surface area contributed by atoms with Gasteiger partial charge in [0, 0.05) is 9.28 Å². The summed E-state index contributed by atoms with van der Waals surface area (Å²) in [5.41, 5.74) is 2.90. The van der Waals surface area contributed by atoms with Crippen LogP contribution in [-0.2, 0) is 19.6 Å². The molecule has 0 radical (unpaired) electrons. The molecule has 0 saturated carbocycles. The van der Waals surface area contributed by atoms with Gasteiger partial charge in [0.25, 0.3) is 5.91 Å². The van der Waals surface area contributed by atoms with E-state index in [2.05, 4.69) is 43.2 Å². The highest BCUT2D eigenvalue weighted by atomic mass is 127. The summed E-state index contributed by atoms with van der Waals surface area (Å²) in [6, 6.07) is 6.19. The molecular weight excluding hydrogens is 435 g/mol. The summed E-state index contributed by atoms with van der Waals surface area (Å²) in [6.07, 6.45) is 0. The molecule has 0 aromatic heterocycles. The van der Waals surface area contributed by atoms with Crippen molar-refractivity contribution in [3.05, 3.63) is 27.8 Å². The molecule has 1 aromatic rings. The van der Waals surface area contributed by atoms with Crippen LogP contribution in [-0.4, -0.2) is 39.0 Å². The molecule has 0 saturated heterocycles. The van der Waals surface area contributed by atoms with E-state index in [-0.39, 0.29) is 11.4 Å². The van der Waals surface area contributed by atoms with E-state index in [1.54, 1.807) is 26.0 Å². The van der Waals surface area contributed by atoms with Crippen LogP contribution in [0.15, 0.2) is 34.3 Å². The number of hydrogen-bond donors (Lipinski definition) is 3. The topological polar surface area (TPSA) is 117 Å². The number of sulfonamides is 1. The predicted octanol–water partition coefficient (Wildman–Crippen LogP) is 0.198. The first-order chi connectivity index (χ1) is 10.7. The predicted molar refractivity (Wildman–Crippen MR) is 94.3 cm³/mol. The minimum absolute atomic E-state index is 0.0659. The van der Waals surface area contributed by atoms with Crippen LogP contribution in [0.2, 0.25) is 0 Å². The third kappa shape index (κ3) is 7.52. The van der Waals surface area contributed by atoms with E-state index in [0.717, 1.165) is 3.57 Å². The Bertz CT molecular complexity index is 697. The van der Waals surface area contributed by atoms with Crippen molar-refractivity contribution in [3.63, 3.8) is 0 Å². The molecule has 0 aliphatic carbocycles. The van der Waals surface area contributed by atoms with Gasteiger partial charge in [-0.05, 0) is 60.7 Å². The molecule has 1 rings (SSSR count). The number of amides is 2. The quantitative estimate of drug-likeness (QED) is 0.311. The largest absolute Gasteiger partial charge is 0.346 e. The van der Waals surface area contributed by atoms with Gasteiger partial charge >= 0.3 is 0 Å². The van der Waals surface area contributed by atoms with Crippen molar-refractivity contribution < 1.29 is 18.0 Å². The number of hydrazone groups is 1. The number of nitrogens with one attached hydrogen (secondary N) is 3. The highest BCUT2D eigenvalue weighted by Crippen LogP contribution is 2.11. The van der Waals surface area contributed by atoms with Gasteiger partial charge in [-0.1, -0.05) is 0 Å². The highest BCUT2D eigenvalue weighted by Gasteiger charge is 2.15. The number of carbonyl (C=O) groups is 2. The summed E-state index contributed by atoms with van der Waals surface area (Å²) in [7, 11) is -3.77. The van der Waals surface area contributed by atoms with Gasteiger partial charge in [-0.15, -0.1) is 0 Å². The molecule has 126 valence electrons. The standard InChI is InChI=1S/C13H17IN4O4S/c1-9(2)17-18-13(20)7-15-12(19)8-16-23(21,22)11-5-3-10(14)4-6-11/h3-6,16H,7-8H2,1-2H3,(H,15,19)(H,18,20). The number of hydrogen-bond acceptors (Lipinski definition) is 5. The summed E-state index contributed by atoms with van der Waals surface area (Å²) in [4.78, 5) is 23.0. The van der Waals surface area contributed by atoms with Crippen LogP contribution in [0.25, 0.3) is 0 Å². The molecule has 0 heterocycles. The molecule has 0 aliphatic heterocycles. The molecular formula is C13H17IN4O4S. The monoisotopic (exact) mass is 452 g/mol. The average molecular weight is 452 g/mol. The van der Waals surface area contributed by atoms with Crippen LogP contribution >= 0.6 is 22.6 Å². The van der Waals surface area contributed by atoms with E-state index < -0.39 is 28.4 Å². The lowest BCUT2D eigenvalue weighted by molar-refractivity contribution is -0.125. The van der Waals surface area contributed by atoms with Gasteiger partial charge in [0.2, 0.25) is 15.9 Å². The van der Waals surface area contributed by atoms with Crippen molar-refractivity contribution >= 4 is 50.1 Å². The molecule has 3 N–H and O–H groups in total. The van der Waals surface area contributed by atoms with Crippen LogP contribution in [0, 0.1) is 3.57 Å². The highest BCUT2D eigenvalue weighted by molar-refractivity contribution is 14.1. The van der Waals surface area contributed by atoms with E-state index in [1.165, 1.54) is 12.1 Å². The molecule has 0 bridgehead atoms. The molecule has 0 atom stereocenters. The number of carbonyl (C=O) groups excluding carboxylic acids is 2. The molecule has 2 amide bonds. The zero-order valence-electron chi connectivity index (χ0n) is 12.6. The first kappa shape index (κ1) is 19.5. The first-order valence-electron chi connectivity index (χ1n) is 6.52. The molecule has 0 fully saturated rings. The molecule has 8 nitrogen and oxygen atoms in total. The van der Waals surface area contributed by atoms with Gasteiger partial charge in [0.15, 0.2) is 0 Å². The van der Waals surface area contributed by atoms with E-state index >= 15 is 0 Å². The van der Waals surface area contributed by atoms with Crippen molar-refractivity contribution in [2.75, 3.05) is 13.1 Å². The molecule has 10 heteroatoms. The smallest absolute Gasteiger partial charge is 0.259 e. The fourth-order valence-electron chi connectivity index (χ4n) is 1.31. The van der Waals surface area contributed by atoms with Gasteiger partial charge < -0.3 is 5.32 Å². The number of rotatable bonds is 7. The van der Waals surface area contributed by atoms with Gasteiger partial charge in [-0.25, -0.2) is 18.6 Å². The van der Waals surface area contributed by atoms with Crippen LogP contribution < -0.4 is 15.5 Å². The van der Waals surface area contributed by atoms with Crippen LogP contribution in [0.3, 0.4) is 0 Å². The summed E-state index contributed by atoms with van der Waals surface area (Å²) in [5, 5.41) is 5.98. The fourth-order valence-corrected chi connectivity index (χ4v) is 2.65. The second-order valence-electron chi connectivity index (χ2n) is 4.65. The Morgan fingerprint density at radius 3 is 2.26 bits per heavy atom. The minimum Gasteiger partial charge on any atom is -0.346 e. The number of nitrogens with zero attached hydrogens (tertiary/aromatic N) is 1. The van der Waals surface area contributed by atoms with Crippen LogP contribution in [0.5, 0.6) is 0 Å². The average Bonchev–Trinajstić information content (AvgIpc) is 2.49. The minimum atomic E-state index is -3.77. The van der Waals surface area contributed by atoms with Crippen molar-refractivity contribution in [1.82, 2.24) is 15.5 Å². The van der Waals surface area contributed by atoms with E-state index in [1.807, 2.05) is 0 Å². The Hall–Kier alpha value is -1.53. The fraction of sp³-hybridized carbons (Fsp3) is 0.308. The number of benzene rings is 1. The number of halogens is 1. The van der Waals surface area contributed by atoms with Gasteiger partial charge in [0.1, 0.15) is 0 Å². The summed E-state index contributed by atoms with van der Waals surface area (Å²) < 4.78 is 27.0. The Balaban J connectivity index is 2.45. The van der Waals surface area contributed by atoms with Crippen molar-refractivity contribution in [2.24, 2.45) is 5.10 Å². The lowest BCUT2D eigenvalue weighted by Gasteiger charge is -2.07. The van der Waals surface area contributed by atoms with Crippen molar-refractivity contribution in [2.45, 2.75) is 18.7 Å². The molecule has 0 spiro atoms. The lowest BCUT2D eigenvalue weighted by atomic mass is 10.4. The molecule has 23 heavy (non-hydrogen) atoms. The van der Waals surface area contributed by atoms with E-state index in [0.29, 0.717) is 5.71 Å². The maximum Gasteiger partial charge on any atom is 0.259 e. The van der Waals surface area contributed by atoms with E-state index in [4.69, 9.17) is 0 Å². The van der Waals surface area contributed by atoms with Crippen molar-refractivity contribution in [3.8, 4) is 0 Å². The molecule has 1 aromatic carbocycles. The van der Waals surface area contributed by atoms with Crippen molar-refractivity contribution in [1.29, 1.82) is 0 Å². The zero-order chi connectivity index (χ0) is 17.5. The first-order valence-corrected chi connectivity index (χ1v) is 9.08. The Kier molecular flexibility index (Phi) is 7.58. The van der Waals surface area contributed by atoms with Crippen LogP contribution in [0.4, 0.5) is 0 Å². The summed E-state index contributed by atoms with van der Waals surface area (Å²) in [5.74, 6) is -1.12. The second-order valence-corrected chi connectivity index (χ2v) is 7.66. The summed E-state index contributed by atoms with van der Waals surface area (Å²) >= 11 is 2.06. The third-order valence-corrected chi connectivity index (χ3v) is 4.53. The normalized spacial score (nSPS) is 10.7. The molecule has 0 unspecified atom stereocenters. The maximum absolute atomic E-state index is 12.0. The van der Waals surface area contributed by atoms with Gasteiger partial charge in [-0.2, -0.15) is 5.10 Å². The second kappa shape index (κ2) is 8.93. The van der Waals surface area contributed by atoms with Crippen LogP contribution in [0.1, 0.15) is 13.8 Å². The third-order valence-electron chi connectivity index (χ3n) is 2.40. The Morgan fingerprint density at radius 2 is 1.70 bits per heavy atom.